The van der Waals surface area contributed by atoms with E-state index in [1.807, 2.05) is 13.0 Å². The molecule has 0 bridgehead atoms. The van der Waals surface area contributed by atoms with Crippen LogP contribution in [0.15, 0.2) is 65.6 Å². The van der Waals surface area contributed by atoms with Crippen LogP contribution in [0.5, 0.6) is 0 Å². The van der Waals surface area contributed by atoms with Crippen LogP contribution < -0.4 is 15.4 Å². The molecule has 5 nitrogen and oxygen atoms in total. The van der Waals surface area contributed by atoms with E-state index in [1.165, 1.54) is 30.3 Å². The van der Waals surface area contributed by atoms with Gasteiger partial charge in [0.2, 0.25) is 0 Å². The molecular formula is C20H16Cl3N3O2S2. The molecule has 3 aromatic carbocycles. The SMILES string of the molecule is Cc1ccc(Cl)cc1NC(=S)Nc1ccc(S(=O)(=O)Nc2cc(Cl)cc(Cl)c2)cc1. The van der Waals surface area contributed by atoms with E-state index in [1.54, 1.807) is 24.3 Å². The highest BCUT2D eigenvalue weighted by Crippen LogP contribution is 2.25. The summed E-state index contributed by atoms with van der Waals surface area (Å²) >= 11 is 23.2. The lowest BCUT2D eigenvalue weighted by atomic mass is 10.2. The summed E-state index contributed by atoms with van der Waals surface area (Å²) in [5, 5.41) is 7.68. The second-order valence-corrected chi connectivity index (χ2v) is 9.73. The van der Waals surface area contributed by atoms with E-state index in [2.05, 4.69) is 15.4 Å². The molecule has 0 aliphatic carbocycles. The van der Waals surface area contributed by atoms with Gasteiger partial charge in [0.1, 0.15) is 0 Å². The number of anilines is 3. The van der Waals surface area contributed by atoms with Crippen LogP contribution in [-0.2, 0) is 10.0 Å². The zero-order valence-electron chi connectivity index (χ0n) is 15.5. The molecule has 0 fully saturated rings. The van der Waals surface area contributed by atoms with Crippen LogP contribution in [0.4, 0.5) is 17.1 Å². The number of thiocarbonyl (C=S) groups is 1. The van der Waals surface area contributed by atoms with Crippen molar-refractivity contribution in [3.8, 4) is 0 Å². The van der Waals surface area contributed by atoms with Gasteiger partial charge in [-0.3, -0.25) is 4.72 Å². The van der Waals surface area contributed by atoms with Crippen molar-refractivity contribution in [1.29, 1.82) is 0 Å². The fourth-order valence-corrected chi connectivity index (χ4v) is 4.52. The smallest absolute Gasteiger partial charge is 0.261 e. The number of benzene rings is 3. The van der Waals surface area contributed by atoms with Crippen LogP contribution in [0.3, 0.4) is 0 Å². The molecule has 30 heavy (non-hydrogen) atoms. The minimum absolute atomic E-state index is 0.0775. The molecule has 10 heteroatoms. The van der Waals surface area contributed by atoms with E-state index < -0.39 is 10.0 Å². The van der Waals surface area contributed by atoms with E-state index in [9.17, 15) is 8.42 Å². The Morgan fingerprint density at radius 1 is 0.800 bits per heavy atom. The number of halogens is 3. The Morgan fingerprint density at radius 3 is 2.07 bits per heavy atom. The molecule has 0 radical (unpaired) electrons. The minimum Gasteiger partial charge on any atom is -0.332 e. The zero-order valence-corrected chi connectivity index (χ0v) is 19.4. The third-order valence-corrected chi connectivity index (χ3v) is 6.26. The maximum absolute atomic E-state index is 12.6. The van der Waals surface area contributed by atoms with Crippen LogP contribution in [-0.4, -0.2) is 13.5 Å². The van der Waals surface area contributed by atoms with Crippen molar-refractivity contribution in [2.24, 2.45) is 0 Å². The van der Waals surface area contributed by atoms with Crippen molar-refractivity contribution in [3.63, 3.8) is 0 Å². The highest BCUT2D eigenvalue weighted by Gasteiger charge is 2.15. The van der Waals surface area contributed by atoms with Crippen molar-refractivity contribution < 1.29 is 8.42 Å². The van der Waals surface area contributed by atoms with Gasteiger partial charge in [0.15, 0.2) is 5.11 Å². The van der Waals surface area contributed by atoms with Crippen LogP contribution in [0.1, 0.15) is 5.56 Å². The van der Waals surface area contributed by atoms with E-state index in [-0.39, 0.29) is 10.6 Å². The van der Waals surface area contributed by atoms with Gasteiger partial charge in [-0.25, -0.2) is 8.42 Å². The van der Waals surface area contributed by atoms with Crippen LogP contribution in [0.2, 0.25) is 15.1 Å². The Labute approximate surface area is 195 Å². The van der Waals surface area contributed by atoms with Gasteiger partial charge in [-0.1, -0.05) is 40.9 Å². The van der Waals surface area contributed by atoms with Gasteiger partial charge in [-0.2, -0.15) is 0 Å². The lowest BCUT2D eigenvalue weighted by molar-refractivity contribution is 0.601. The predicted octanol–water partition coefficient (Wildman–Crippen LogP) is 6.56. The molecule has 3 aromatic rings. The maximum Gasteiger partial charge on any atom is 0.261 e. The van der Waals surface area contributed by atoms with Gasteiger partial charge in [-0.15, -0.1) is 0 Å². The predicted molar refractivity (Wildman–Crippen MR) is 130 cm³/mol. The maximum atomic E-state index is 12.6. The van der Waals surface area contributed by atoms with E-state index in [4.69, 9.17) is 47.0 Å². The van der Waals surface area contributed by atoms with Gasteiger partial charge in [-0.05, 0) is 79.3 Å². The van der Waals surface area contributed by atoms with Gasteiger partial charge in [0.25, 0.3) is 10.0 Å². The number of hydrogen-bond donors (Lipinski definition) is 3. The lowest BCUT2D eigenvalue weighted by Crippen LogP contribution is -2.19. The minimum atomic E-state index is -3.81. The summed E-state index contributed by atoms with van der Waals surface area (Å²) in [6.45, 7) is 1.93. The molecule has 0 spiro atoms. The van der Waals surface area contributed by atoms with Crippen molar-refractivity contribution in [2.45, 2.75) is 11.8 Å². The number of rotatable bonds is 5. The van der Waals surface area contributed by atoms with Crippen LogP contribution >= 0.6 is 47.0 Å². The second-order valence-electron chi connectivity index (χ2n) is 6.33. The summed E-state index contributed by atoms with van der Waals surface area (Å²) in [5.74, 6) is 0. The fraction of sp³-hybridized carbons (Fsp3) is 0.0500. The molecule has 0 atom stereocenters. The molecule has 3 N–H and O–H groups in total. The Morgan fingerprint density at radius 2 is 1.43 bits per heavy atom. The summed E-state index contributed by atoms with van der Waals surface area (Å²) in [6, 6.07) is 16.1. The fourth-order valence-electron chi connectivity index (χ4n) is 2.56. The number of sulfonamides is 1. The first-order valence-electron chi connectivity index (χ1n) is 8.55. The average molecular weight is 501 g/mol. The molecule has 0 amide bonds. The molecule has 0 saturated carbocycles. The number of nitrogens with one attached hydrogen (secondary N) is 3. The third-order valence-electron chi connectivity index (χ3n) is 3.99. The second kappa shape index (κ2) is 9.41. The highest BCUT2D eigenvalue weighted by atomic mass is 35.5. The summed E-state index contributed by atoms with van der Waals surface area (Å²) < 4.78 is 27.7. The van der Waals surface area contributed by atoms with Gasteiger partial charge >= 0.3 is 0 Å². The summed E-state index contributed by atoms with van der Waals surface area (Å²) in [5.41, 5.74) is 2.66. The molecular weight excluding hydrogens is 485 g/mol. The monoisotopic (exact) mass is 499 g/mol. The molecule has 0 aliphatic heterocycles. The van der Waals surface area contributed by atoms with Gasteiger partial charge in [0.05, 0.1) is 10.6 Å². The lowest BCUT2D eigenvalue weighted by Gasteiger charge is -2.13. The van der Waals surface area contributed by atoms with E-state index >= 15 is 0 Å². The first kappa shape index (κ1) is 22.7. The standard InChI is InChI=1S/C20H16Cl3N3O2S2/c1-12-2-3-13(21)11-19(12)25-20(29)24-16-4-6-18(7-5-16)30(27,28)26-17-9-14(22)8-15(23)10-17/h2-11,26H,1H3,(H2,24,25,29). The first-order valence-corrected chi connectivity index (χ1v) is 11.6. The van der Waals surface area contributed by atoms with Crippen LogP contribution in [0, 0.1) is 6.92 Å². The third kappa shape index (κ3) is 6.00. The van der Waals surface area contributed by atoms with Crippen molar-refractivity contribution in [1.82, 2.24) is 0 Å². The zero-order chi connectivity index (χ0) is 21.9. The topological polar surface area (TPSA) is 70.2 Å². The Kier molecular flexibility index (Phi) is 7.10. The van der Waals surface area contributed by atoms with Gasteiger partial charge < -0.3 is 10.6 Å². The summed E-state index contributed by atoms with van der Waals surface area (Å²) in [6.07, 6.45) is 0. The Hall–Kier alpha value is -2.03. The first-order chi connectivity index (χ1) is 14.1. The average Bonchev–Trinajstić information content (AvgIpc) is 2.64. The highest BCUT2D eigenvalue weighted by molar-refractivity contribution is 7.92. The summed E-state index contributed by atoms with van der Waals surface area (Å²) in [7, 11) is -3.81. The molecule has 0 aromatic heterocycles. The van der Waals surface area contributed by atoms with Crippen molar-refractivity contribution in [3.05, 3.63) is 81.3 Å². The van der Waals surface area contributed by atoms with Crippen molar-refractivity contribution >= 4 is 79.2 Å². The molecule has 3 rings (SSSR count). The van der Waals surface area contributed by atoms with E-state index in [0.717, 1.165) is 11.3 Å². The normalized spacial score (nSPS) is 11.1. The quantitative estimate of drug-likeness (QED) is 0.346. The largest absolute Gasteiger partial charge is 0.332 e. The Balaban J connectivity index is 1.69. The Bertz CT molecular complexity index is 1180. The molecule has 0 heterocycles. The molecule has 0 saturated heterocycles. The summed E-state index contributed by atoms with van der Waals surface area (Å²) in [4.78, 5) is 0.0775. The van der Waals surface area contributed by atoms with Gasteiger partial charge in [0, 0.05) is 26.4 Å². The van der Waals surface area contributed by atoms with Crippen LogP contribution in [0.25, 0.3) is 0 Å². The van der Waals surface area contributed by atoms with Crippen molar-refractivity contribution in [2.75, 3.05) is 15.4 Å². The molecule has 0 aliphatic rings. The number of aryl methyl sites for hydroxylation is 1. The molecule has 156 valence electrons. The van der Waals surface area contributed by atoms with E-state index in [0.29, 0.717) is 25.9 Å². The number of hydrogen-bond acceptors (Lipinski definition) is 3. The molecule has 0 unspecified atom stereocenters.